The summed E-state index contributed by atoms with van der Waals surface area (Å²) in [5.74, 6) is 2.45. The molecule has 1 atom stereocenters. The van der Waals surface area contributed by atoms with Crippen molar-refractivity contribution in [3.63, 3.8) is 0 Å². The number of nitrogens with one attached hydrogen (secondary N) is 1. The number of nitrogens with zero attached hydrogens (tertiary/aromatic N) is 1. The lowest BCUT2D eigenvalue weighted by Gasteiger charge is -2.59. The van der Waals surface area contributed by atoms with E-state index in [4.69, 9.17) is 0 Å². The molecule has 1 aromatic rings. The molecule has 5 heteroatoms. The fourth-order valence-corrected chi connectivity index (χ4v) is 6.14. The summed E-state index contributed by atoms with van der Waals surface area (Å²) in [6.07, 6.45) is 7.92. The SMILES string of the molecule is Cc1cc(C(=O)N[C@@H](C)C23CC4CC(CC(C4)C2)C3)ccc1[N+](=O)[O-]. The van der Waals surface area contributed by atoms with Gasteiger partial charge in [-0.25, -0.2) is 0 Å². The Labute approximate surface area is 148 Å². The third-order valence-corrected chi connectivity index (χ3v) is 7.01. The lowest BCUT2D eigenvalue weighted by molar-refractivity contribution is -0.385. The molecule has 5 nitrogen and oxygen atoms in total. The van der Waals surface area contributed by atoms with Crippen LogP contribution in [0, 0.1) is 40.2 Å². The monoisotopic (exact) mass is 342 g/mol. The minimum Gasteiger partial charge on any atom is -0.349 e. The Hall–Kier alpha value is -1.91. The van der Waals surface area contributed by atoms with Gasteiger partial charge in [0.05, 0.1) is 4.92 Å². The number of benzene rings is 1. The molecule has 0 spiro atoms. The Bertz CT molecular complexity index is 692. The van der Waals surface area contributed by atoms with Crippen LogP contribution in [0.3, 0.4) is 0 Å². The van der Waals surface area contributed by atoms with E-state index in [1.54, 1.807) is 19.1 Å². The molecule has 4 aliphatic carbocycles. The average Bonchev–Trinajstić information content (AvgIpc) is 2.53. The van der Waals surface area contributed by atoms with Crippen LogP contribution in [0.5, 0.6) is 0 Å². The minimum absolute atomic E-state index is 0.0608. The Kier molecular flexibility index (Phi) is 3.85. The molecule has 4 aliphatic rings. The van der Waals surface area contributed by atoms with Gasteiger partial charge in [0.2, 0.25) is 0 Å². The molecule has 4 fully saturated rings. The zero-order valence-electron chi connectivity index (χ0n) is 15.0. The zero-order chi connectivity index (χ0) is 17.8. The summed E-state index contributed by atoms with van der Waals surface area (Å²) in [5, 5.41) is 14.2. The summed E-state index contributed by atoms with van der Waals surface area (Å²) in [6, 6.07) is 4.77. The molecule has 0 unspecified atom stereocenters. The smallest absolute Gasteiger partial charge is 0.272 e. The van der Waals surface area contributed by atoms with Gasteiger partial charge in [0.25, 0.3) is 11.6 Å². The number of nitro benzene ring substituents is 1. The maximum atomic E-state index is 12.7. The van der Waals surface area contributed by atoms with E-state index in [1.807, 2.05) is 0 Å². The molecule has 1 N–H and O–H groups in total. The maximum absolute atomic E-state index is 12.7. The molecule has 5 rings (SSSR count). The normalized spacial score (nSPS) is 33.9. The Morgan fingerprint density at radius 2 is 1.76 bits per heavy atom. The second-order valence-corrected chi connectivity index (χ2v) is 8.73. The van der Waals surface area contributed by atoms with E-state index in [0.29, 0.717) is 11.1 Å². The first kappa shape index (κ1) is 16.6. The molecule has 1 amide bonds. The van der Waals surface area contributed by atoms with Crippen LogP contribution in [0.25, 0.3) is 0 Å². The van der Waals surface area contributed by atoms with Crippen LogP contribution in [-0.4, -0.2) is 16.9 Å². The lowest BCUT2D eigenvalue weighted by Crippen LogP contribution is -2.55. The van der Waals surface area contributed by atoms with Gasteiger partial charge in [-0.2, -0.15) is 0 Å². The number of carbonyl (C=O) groups excluding carboxylic acids is 1. The predicted molar refractivity (Wildman–Crippen MR) is 95.4 cm³/mol. The average molecular weight is 342 g/mol. The Morgan fingerprint density at radius 1 is 1.20 bits per heavy atom. The van der Waals surface area contributed by atoms with Gasteiger partial charge in [-0.3, -0.25) is 14.9 Å². The van der Waals surface area contributed by atoms with E-state index in [9.17, 15) is 14.9 Å². The quantitative estimate of drug-likeness (QED) is 0.657. The third-order valence-electron chi connectivity index (χ3n) is 7.01. The van der Waals surface area contributed by atoms with Crippen LogP contribution in [0.4, 0.5) is 5.69 Å². The molecule has 0 aromatic heterocycles. The van der Waals surface area contributed by atoms with E-state index in [0.717, 1.165) is 17.8 Å². The maximum Gasteiger partial charge on any atom is 0.272 e. The summed E-state index contributed by atoms with van der Waals surface area (Å²) in [5.41, 5.74) is 1.37. The number of hydrogen-bond donors (Lipinski definition) is 1. The van der Waals surface area contributed by atoms with Crippen molar-refractivity contribution in [2.75, 3.05) is 0 Å². The standard InChI is InChI=1S/C20H26N2O3/c1-12-5-17(3-4-18(12)22(24)25)19(23)21-13(2)20-9-14-6-15(10-20)8-16(7-14)11-20/h3-5,13-16H,6-11H2,1-2H3,(H,21,23)/t13-,14?,15?,16?,20?/m0/s1. The number of amides is 1. The van der Waals surface area contributed by atoms with Gasteiger partial charge in [0.15, 0.2) is 0 Å². The van der Waals surface area contributed by atoms with Crippen molar-refractivity contribution in [1.82, 2.24) is 5.32 Å². The molecule has 134 valence electrons. The second-order valence-electron chi connectivity index (χ2n) is 8.73. The largest absolute Gasteiger partial charge is 0.349 e. The van der Waals surface area contributed by atoms with E-state index in [-0.39, 0.29) is 23.1 Å². The topological polar surface area (TPSA) is 72.2 Å². The highest BCUT2D eigenvalue weighted by atomic mass is 16.6. The van der Waals surface area contributed by atoms with Crippen molar-refractivity contribution in [2.24, 2.45) is 23.2 Å². The van der Waals surface area contributed by atoms with E-state index in [1.165, 1.54) is 44.6 Å². The van der Waals surface area contributed by atoms with Gasteiger partial charge in [-0.15, -0.1) is 0 Å². The molecular formula is C20H26N2O3. The molecule has 4 saturated carbocycles. The number of rotatable bonds is 4. The van der Waals surface area contributed by atoms with Crippen LogP contribution >= 0.6 is 0 Å². The predicted octanol–water partition coefficient (Wildman–Crippen LogP) is 4.24. The Morgan fingerprint density at radius 3 is 2.24 bits per heavy atom. The molecule has 4 bridgehead atoms. The highest BCUT2D eigenvalue weighted by molar-refractivity contribution is 5.95. The number of nitro groups is 1. The van der Waals surface area contributed by atoms with Crippen LogP contribution in [0.2, 0.25) is 0 Å². The van der Waals surface area contributed by atoms with Crippen LogP contribution in [0.1, 0.15) is 61.4 Å². The van der Waals surface area contributed by atoms with Gasteiger partial charge >= 0.3 is 0 Å². The van der Waals surface area contributed by atoms with E-state index >= 15 is 0 Å². The molecular weight excluding hydrogens is 316 g/mol. The molecule has 0 aliphatic heterocycles. The highest BCUT2D eigenvalue weighted by Crippen LogP contribution is 2.61. The molecule has 0 saturated heterocycles. The first-order valence-corrected chi connectivity index (χ1v) is 9.42. The second kappa shape index (κ2) is 5.82. The van der Waals surface area contributed by atoms with Crippen molar-refractivity contribution in [3.05, 3.63) is 39.4 Å². The summed E-state index contributed by atoms with van der Waals surface area (Å²) in [6.45, 7) is 3.83. The van der Waals surface area contributed by atoms with Crippen molar-refractivity contribution >= 4 is 11.6 Å². The first-order chi connectivity index (χ1) is 11.9. The van der Waals surface area contributed by atoms with Gasteiger partial charge in [0.1, 0.15) is 0 Å². The van der Waals surface area contributed by atoms with Gasteiger partial charge in [0, 0.05) is 23.2 Å². The third kappa shape index (κ3) is 2.83. The number of hydrogen-bond acceptors (Lipinski definition) is 3. The van der Waals surface area contributed by atoms with Gasteiger partial charge in [-0.1, -0.05) is 0 Å². The Balaban J connectivity index is 1.49. The molecule has 0 heterocycles. The van der Waals surface area contributed by atoms with Crippen molar-refractivity contribution in [1.29, 1.82) is 0 Å². The van der Waals surface area contributed by atoms with Crippen LogP contribution in [-0.2, 0) is 0 Å². The molecule has 0 radical (unpaired) electrons. The molecule has 1 aromatic carbocycles. The van der Waals surface area contributed by atoms with Crippen LogP contribution in [0.15, 0.2) is 18.2 Å². The summed E-state index contributed by atoms with van der Waals surface area (Å²) in [7, 11) is 0. The summed E-state index contributed by atoms with van der Waals surface area (Å²) in [4.78, 5) is 23.2. The van der Waals surface area contributed by atoms with Gasteiger partial charge in [-0.05, 0) is 87.7 Å². The zero-order valence-corrected chi connectivity index (χ0v) is 15.0. The van der Waals surface area contributed by atoms with Crippen LogP contribution < -0.4 is 5.32 Å². The van der Waals surface area contributed by atoms with Crippen molar-refractivity contribution in [2.45, 2.75) is 58.4 Å². The number of carbonyl (C=O) groups is 1. The summed E-state index contributed by atoms with van der Waals surface area (Å²) < 4.78 is 0. The molecule has 25 heavy (non-hydrogen) atoms. The van der Waals surface area contributed by atoms with Crippen molar-refractivity contribution < 1.29 is 9.72 Å². The van der Waals surface area contributed by atoms with E-state index < -0.39 is 4.92 Å². The highest BCUT2D eigenvalue weighted by Gasteiger charge is 2.53. The van der Waals surface area contributed by atoms with E-state index in [2.05, 4.69) is 12.2 Å². The fraction of sp³-hybridized carbons (Fsp3) is 0.650. The van der Waals surface area contributed by atoms with Gasteiger partial charge < -0.3 is 5.32 Å². The van der Waals surface area contributed by atoms with Crippen molar-refractivity contribution in [3.8, 4) is 0 Å². The lowest BCUT2D eigenvalue weighted by atomic mass is 9.48. The minimum atomic E-state index is -0.408. The summed E-state index contributed by atoms with van der Waals surface area (Å²) >= 11 is 0. The fourth-order valence-electron chi connectivity index (χ4n) is 6.14. The first-order valence-electron chi connectivity index (χ1n) is 9.42. The number of aryl methyl sites for hydroxylation is 1.